The van der Waals surface area contributed by atoms with E-state index in [2.05, 4.69) is 15.3 Å². The second kappa shape index (κ2) is 5.66. The van der Waals surface area contributed by atoms with E-state index in [1.165, 1.54) is 0 Å². The molecule has 106 valence electrons. The third-order valence-corrected chi connectivity index (χ3v) is 3.47. The maximum Gasteiger partial charge on any atom is 0.178 e. The number of nitrogens with one attached hydrogen (secondary N) is 1. The predicted octanol–water partition coefficient (Wildman–Crippen LogP) is 1.18. The van der Waals surface area contributed by atoms with Gasteiger partial charge in [0.15, 0.2) is 23.3 Å². The fraction of sp³-hybridized carbons (Fsp3) is 0.583. The third kappa shape index (κ3) is 2.93. The van der Waals surface area contributed by atoms with E-state index in [-0.39, 0.29) is 11.6 Å². The molecule has 1 aromatic heterocycles. The van der Waals surface area contributed by atoms with Crippen molar-refractivity contribution in [2.75, 3.05) is 37.5 Å². The fourth-order valence-electron chi connectivity index (χ4n) is 2.35. The molecular formula is C12H19F2N5. The van der Waals surface area contributed by atoms with Crippen LogP contribution in [0.4, 0.5) is 20.4 Å². The van der Waals surface area contributed by atoms with Crippen LogP contribution < -0.4 is 16.2 Å². The minimum Gasteiger partial charge on any atom is -0.353 e. The van der Waals surface area contributed by atoms with Crippen molar-refractivity contribution in [3.8, 4) is 0 Å². The van der Waals surface area contributed by atoms with Crippen molar-refractivity contribution in [2.45, 2.75) is 18.9 Å². The molecule has 0 aromatic carbocycles. The summed E-state index contributed by atoms with van der Waals surface area (Å²) in [6.07, 6.45) is 2.01. The number of halogens is 2. The normalized spacial score (nSPS) is 19.9. The van der Waals surface area contributed by atoms with Gasteiger partial charge in [0.2, 0.25) is 0 Å². The summed E-state index contributed by atoms with van der Waals surface area (Å²) < 4.78 is 27.2. The highest BCUT2D eigenvalue weighted by atomic mass is 19.1. The molecule has 2 rings (SSSR count). The van der Waals surface area contributed by atoms with Crippen LogP contribution in [0.25, 0.3) is 0 Å². The Labute approximate surface area is 111 Å². The van der Waals surface area contributed by atoms with Crippen molar-refractivity contribution >= 4 is 11.6 Å². The van der Waals surface area contributed by atoms with E-state index >= 15 is 0 Å². The summed E-state index contributed by atoms with van der Waals surface area (Å²) in [6, 6.07) is 1.16. The van der Waals surface area contributed by atoms with Gasteiger partial charge in [0.1, 0.15) is 0 Å². The average molecular weight is 271 g/mol. The van der Waals surface area contributed by atoms with Gasteiger partial charge in [-0.3, -0.25) is 0 Å². The van der Waals surface area contributed by atoms with Crippen molar-refractivity contribution in [2.24, 2.45) is 5.84 Å². The van der Waals surface area contributed by atoms with Crippen molar-refractivity contribution < 1.29 is 8.78 Å². The van der Waals surface area contributed by atoms with E-state index in [9.17, 15) is 8.78 Å². The molecule has 1 atom stereocenters. The molecule has 0 radical (unpaired) electrons. The molecule has 1 unspecified atom stereocenters. The lowest BCUT2D eigenvalue weighted by Crippen LogP contribution is -2.45. The Balaban J connectivity index is 2.25. The highest BCUT2D eigenvalue weighted by Gasteiger charge is 2.25. The number of likely N-dealkylation sites (N-methyl/N-ethyl adjacent to an activating group) is 1. The van der Waals surface area contributed by atoms with Crippen LogP contribution in [0.2, 0.25) is 0 Å². The molecule has 0 spiro atoms. The van der Waals surface area contributed by atoms with E-state index in [4.69, 9.17) is 5.84 Å². The Morgan fingerprint density at radius 1 is 1.42 bits per heavy atom. The minimum atomic E-state index is -0.787. The third-order valence-electron chi connectivity index (χ3n) is 3.47. The molecule has 7 heteroatoms. The average Bonchev–Trinajstić information content (AvgIpc) is 2.39. The molecule has 1 aliphatic heterocycles. The van der Waals surface area contributed by atoms with Crippen LogP contribution in [0.15, 0.2) is 6.07 Å². The van der Waals surface area contributed by atoms with Crippen LogP contribution in [0.3, 0.4) is 0 Å². The number of hydrogen-bond donors (Lipinski definition) is 2. The number of nitrogens with two attached hydrogens (primary N) is 1. The molecular weight excluding hydrogens is 252 g/mol. The van der Waals surface area contributed by atoms with Gasteiger partial charge in [-0.2, -0.15) is 0 Å². The topological polar surface area (TPSA) is 57.4 Å². The lowest BCUT2D eigenvalue weighted by Gasteiger charge is -2.37. The zero-order chi connectivity index (χ0) is 14.0. The van der Waals surface area contributed by atoms with Gasteiger partial charge in [-0.25, -0.2) is 19.6 Å². The Bertz CT molecular complexity index is 452. The summed E-state index contributed by atoms with van der Waals surface area (Å²) in [7, 11) is 3.99. The summed E-state index contributed by atoms with van der Waals surface area (Å²) in [5.41, 5.74) is 2.15. The van der Waals surface area contributed by atoms with E-state index in [0.29, 0.717) is 19.1 Å². The van der Waals surface area contributed by atoms with Crippen LogP contribution in [-0.2, 0) is 0 Å². The molecule has 0 amide bonds. The van der Waals surface area contributed by atoms with E-state index in [0.717, 1.165) is 18.9 Å². The first-order valence-corrected chi connectivity index (χ1v) is 6.27. The highest BCUT2D eigenvalue weighted by molar-refractivity contribution is 5.49. The monoisotopic (exact) mass is 271 g/mol. The summed E-state index contributed by atoms with van der Waals surface area (Å²) in [5.74, 6) is 3.75. The van der Waals surface area contributed by atoms with Gasteiger partial charge < -0.3 is 15.2 Å². The zero-order valence-corrected chi connectivity index (χ0v) is 11.2. The number of pyridine rings is 1. The minimum absolute atomic E-state index is 0.136. The zero-order valence-electron chi connectivity index (χ0n) is 11.2. The number of piperidine rings is 1. The molecule has 1 aliphatic rings. The van der Waals surface area contributed by atoms with Gasteiger partial charge in [0, 0.05) is 25.2 Å². The number of hydrazine groups is 1. The van der Waals surface area contributed by atoms with Crippen molar-refractivity contribution in [1.82, 2.24) is 9.88 Å². The molecule has 1 saturated heterocycles. The van der Waals surface area contributed by atoms with Gasteiger partial charge in [-0.15, -0.1) is 0 Å². The molecule has 5 nitrogen and oxygen atoms in total. The first-order chi connectivity index (χ1) is 9.02. The molecule has 1 aromatic rings. The van der Waals surface area contributed by atoms with Crippen LogP contribution in [0, 0.1) is 11.6 Å². The molecule has 2 heterocycles. The van der Waals surface area contributed by atoms with Crippen LogP contribution in [0.1, 0.15) is 12.8 Å². The number of nitrogens with zero attached hydrogens (tertiary/aromatic N) is 3. The Morgan fingerprint density at radius 2 is 2.16 bits per heavy atom. The Hall–Kier alpha value is -1.47. The smallest absolute Gasteiger partial charge is 0.178 e. The summed E-state index contributed by atoms with van der Waals surface area (Å²) in [6.45, 7) is 1.39. The summed E-state index contributed by atoms with van der Waals surface area (Å²) in [5, 5.41) is 0. The van der Waals surface area contributed by atoms with Gasteiger partial charge in [-0.1, -0.05) is 0 Å². The van der Waals surface area contributed by atoms with Gasteiger partial charge in [-0.05, 0) is 26.9 Å². The second-order valence-electron chi connectivity index (χ2n) is 4.97. The number of aromatic nitrogens is 1. The Kier molecular flexibility index (Phi) is 4.16. The van der Waals surface area contributed by atoms with Gasteiger partial charge >= 0.3 is 0 Å². The maximum absolute atomic E-state index is 13.9. The van der Waals surface area contributed by atoms with Crippen LogP contribution in [0.5, 0.6) is 0 Å². The highest BCUT2D eigenvalue weighted by Crippen LogP contribution is 2.25. The molecule has 19 heavy (non-hydrogen) atoms. The fourth-order valence-corrected chi connectivity index (χ4v) is 2.35. The molecule has 1 fully saturated rings. The van der Waals surface area contributed by atoms with Crippen molar-refractivity contribution in [1.29, 1.82) is 0 Å². The van der Waals surface area contributed by atoms with Crippen molar-refractivity contribution in [3.63, 3.8) is 0 Å². The molecule has 3 N–H and O–H groups in total. The standard InChI is InChI=1S/C12H19F2N5/c1-18(2)8-4-3-5-19(7-8)12-10(14)6-9(13)11(16-12)17-15/h6,8H,3-5,7,15H2,1-2H3,(H,16,17). The van der Waals surface area contributed by atoms with Gasteiger partial charge in [0.05, 0.1) is 0 Å². The van der Waals surface area contributed by atoms with Crippen LogP contribution in [-0.4, -0.2) is 43.1 Å². The number of hydrogen-bond acceptors (Lipinski definition) is 5. The first-order valence-electron chi connectivity index (χ1n) is 6.27. The van der Waals surface area contributed by atoms with Gasteiger partial charge in [0.25, 0.3) is 0 Å². The second-order valence-corrected chi connectivity index (χ2v) is 4.97. The number of anilines is 2. The largest absolute Gasteiger partial charge is 0.353 e. The van der Waals surface area contributed by atoms with E-state index < -0.39 is 11.6 Å². The van der Waals surface area contributed by atoms with E-state index in [1.54, 1.807) is 0 Å². The van der Waals surface area contributed by atoms with E-state index in [1.807, 2.05) is 19.0 Å². The molecule has 0 saturated carbocycles. The Morgan fingerprint density at radius 3 is 2.79 bits per heavy atom. The lowest BCUT2D eigenvalue weighted by molar-refractivity contribution is 0.257. The van der Waals surface area contributed by atoms with Crippen molar-refractivity contribution in [3.05, 3.63) is 17.7 Å². The summed E-state index contributed by atoms with van der Waals surface area (Å²) >= 11 is 0. The number of nitrogen functional groups attached to an aromatic ring is 1. The molecule has 0 aliphatic carbocycles. The lowest BCUT2D eigenvalue weighted by atomic mass is 10.0. The SMILES string of the molecule is CN(C)C1CCCN(c2nc(NN)c(F)cc2F)C1. The van der Waals surface area contributed by atoms with Crippen LogP contribution >= 0.6 is 0 Å². The number of rotatable bonds is 3. The quantitative estimate of drug-likeness (QED) is 0.638. The first kappa shape index (κ1) is 14.0. The maximum atomic E-state index is 13.9. The molecule has 0 bridgehead atoms. The predicted molar refractivity (Wildman–Crippen MR) is 70.9 cm³/mol. The summed E-state index contributed by atoms with van der Waals surface area (Å²) in [4.78, 5) is 7.87.